The second-order valence-corrected chi connectivity index (χ2v) is 3.28. The van der Waals surface area contributed by atoms with Gasteiger partial charge >= 0.3 is 0 Å². The van der Waals surface area contributed by atoms with Crippen LogP contribution in [0.1, 0.15) is 22.3 Å². The van der Waals surface area contributed by atoms with Gasteiger partial charge in [0.15, 0.2) is 0 Å². The number of primary amides is 1. The topological polar surface area (TPSA) is 55.1 Å². The van der Waals surface area contributed by atoms with Gasteiger partial charge in [-0.05, 0) is 30.7 Å². The van der Waals surface area contributed by atoms with Gasteiger partial charge in [0.05, 0.1) is 6.67 Å². The lowest BCUT2D eigenvalue weighted by Crippen LogP contribution is -2.16. The molecule has 82 valence electrons. The number of amides is 1. The van der Waals surface area contributed by atoms with Crippen molar-refractivity contribution in [3.63, 3.8) is 0 Å². The number of halogens is 1. The van der Waals surface area contributed by atoms with Crippen LogP contribution in [-0.4, -0.2) is 19.1 Å². The highest BCUT2D eigenvalue weighted by Crippen LogP contribution is 2.04. The Labute approximate surface area is 88.5 Å². The predicted octanol–water partition coefficient (Wildman–Crippen LogP) is 1.23. The highest BCUT2D eigenvalue weighted by molar-refractivity contribution is 5.92. The zero-order valence-electron chi connectivity index (χ0n) is 8.50. The summed E-state index contributed by atoms with van der Waals surface area (Å²) in [6.45, 7) is 0.951. The number of benzene rings is 1. The molecule has 3 N–H and O–H groups in total. The first-order valence-corrected chi connectivity index (χ1v) is 4.89. The molecule has 0 atom stereocenters. The van der Waals surface area contributed by atoms with Gasteiger partial charge in [-0.25, -0.2) is 0 Å². The predicted molar refractivity (Wildman–Crippen MR) is 57.3 cm³/mol. The lowest BCUT2D eigenvalue weighted by atomic mass is 10.1. The molecule has 0 aromatic heterocycles. The Morgan fingerprint density at radius 3 is 2.93 bits per heavy atom. The molecule has 0 radical (unpaired) electrons. The Bertz CT molecular complexity index is 328. The van der Waals surface area contributed by atoms with Crippen molar-refractivity contribution in [2.45, 2.75) is 13.0 Å². The number of hydrogen-bond acceptors (Lipinski definition) is 2. The van der Waals surface area contributed by atoms with E-state index in [-0.39, 0.29) is 6.67 Å². The number of rotatable bonds is 6. The molecular weight excluding hydrogens is 195 g/mol. The minimum atomic E-state index is -0.430. The molecule has 0 aliphatic rings. The third-order valence-electron chi connectivity index (χ3n) is 2.03. The second kappa shape index (κ2) is 6.14. The lowest BCUT2D eigenvalue weighted by molar-refractivity contribution is 0.1000. The van der Waals surface area contributed by atoms with Crippen LogP contribution in [0, 0.1) is 0 Å². The van der Waals surface area contributed by atoms with E-state index in [2.05, 4.69) is 5.32 Å². The molecule has 3 nitrogen and oxygen atoms in total. The highest BCUT2D eigenvalue weighted by Gasteiger charge is 2.00. The minimum Gasteiger partial charge on any atom is -0.366 e. The van der Waals surface area contributed by atoms with Crippen LogP contribution in [0.2, 0.25) is 0 Å². The van der Waals surface area contributed by atoms with Crippen molar-refractivity contribution >= 4 is 5.91 Å². The number of nitrogens with one attached hydrogen (secondary N) is 1. The molecular formula is C11H15FN2O. The van der Waals surface area contributed by atoms with E-state index in [1.165, 1.54) is 0 Å². The summed E-state index contributed by atoms with van der Waals surface area (Å²) in [5.41, 5.74) is 6.63. The summed E-state index contributed by atoms with van der Waals surface area (Å²) in [7, 11) is 0. The molecule has 0 aliphatic heterocycles. The molecule has 0 bridgehead atoms. The Balaban J connectivity index is 2.47. The Morgan fingerprint density at radius 1 is 1.47 bits per heavy atom. The lowest BCUT2D eigenvalue weighted by Gasteiger charge is -2.04. The molecule has 0 unspecified atom stereocenters. The van der Waals surface area contributed by atoms with Crippen LogP contribution < -0.4 is 11.1 Å². The fourth-order valence-corrected chi connectivity index (χ4v) is 1.26. The number of nitrogens with two attached hydrogens (primary N) is 1. The van der Waals surface area contributed by atoms with E-state index in [4.69, 9.17) is 5.73 Å². The van der Waals surface area contributed by atoms with Gasteiger partial charge in [-0.2, -0.15) is 0 Å². The van der Waals surface area contributed by atoms with Crippen molar-refractivity contribution in [3.8, 4) is 0 Å². The number of carbonyl (C=O) groups excluding carboxylic acids is 1. The molecule has 1 aromatic rings. The molecule has 0 heterocycles. The van der Waals surface area contributed by atoms with Crippen molar-refractivity contribution in [1.29, 1.82) is 0 Å². The van der Waals surface area contributed by atoms with Gasteiger partial charge < -0.3 is 11.1 Å². The summed E-state index contributed by atoms with van der Waals surface area (Å²) in [6.07, 6.45) is 0.509. The maximum absolute atomic E-state index is 11.8. The maximum atomic E-state index is 11.8. The van der Waals surface area contributed by atoms with E-state index in [1.807, 2.05) is 6.07 Å². The van der Waals surface area contributed by atoms with E-state index in [0.717, 1.165) is 5.56 Å². The van der Waals surface area contributed by atoms with Gasteiger partial charge in [0, 0.05) is 12.1 Å². The molecule has 0 saturated heterocycles. The van der Waals surface area contributed by atoms with Crippen molar-refractivity contribution < 1.29 is 9.18 Å². The smallest absolute Gasteiger partial charge is 0.248 e. The molecule has 0 spiro atoms. The SMILES string of the molecule is NC(=O)c1cccc(CNCCCF)c1. The summed E-state index contributed by atoms with van der Waals surface area (Å²) < 4.78 is 11.8. The average Bonchev–Trinajstić information content (AvgIpc) is 2.25. The van der Waals surface area contributed by atoms with Crippen molar-refractivity contribution in [2.75, 3.05) is 13.2 Å². The number of hydrogen-bond donors (Lipinski definition) is 2. The van der Waals surface area contributed by atoms with Crippen LogP contribution in [0.5, 0.6) is 0 Å². The van der Waals surface area contributed by atoms with Crippen LogP contribution in [0.4, 0.5) is 4.39 Å². The monoisotopic (exact) mass is 210 g/mol. The van der Waals surface area contributed by atoms with Crippen molar-refractivity contribution in [2.24, 2.45) is 5.73 Å². The third kappa shape index (κ3) is 4.08. The summed E-state index contributed by atoms with van der Waals surface area (Å²) >= 11 is 0. The Morgan fingerprint density at radius 2 is 2.27 bits per heavy atom. The fourth-order valence-electron chi connectivity index (χ4n) is 1.26. The maximum Gasteiger partial charge on any atom is 0.248 e. The van der Waals surface area contributed by atoms with Gasteiger partial charge in [0.2, 0.25) is 5.91 Å². The van der Waals surface area contributed by atoms with Gasteiger partial charge in [0.1, 0.15) is 0 Å². The van der Waals surface area contributed by atoms with Crippen LogP contribution in [0.3, 0.4) is 0 Å². The molecule has 1 aromatic carbocycles. The number of carbonyl (C=O) groups is 1. The summed E-state index contributed by atoms with van der Waals surface area (Å²) in [5.74, 6) is -0.430. The quantitative estimate of drug-likeness (QED) is 0.694. The first kappa shape index (κ1) is 11.7. The van der Waals surface area contributed by atoms with Crippen molar-refractivity contribution in [3.05, 3.63) is 35.4 Å². The summed E-state index contributed by atoms with van der Waals surface area (Å²) in [4.78, 5) is 10.9. The summed E-state index contributed by atoms with van der Waals surface area (Å²) in [6, 6.07) is 7.10. The van der Waals surface area contributed by atoms with E-state index in [1.54, 1.807) is 18.2 Å². The zero-order chi connectivity index (χ0) is 11.1. The van der Waals surface area contributed by atoms with Crippen LogP contribution in [-0.2, 0) is 6.54 Å². The first-order chi connectivity index (χ1) is 7.24. The van der Waals surface area contributed by atoms with Crippen LogP contribution in [0.15, 0.2) is 24.3 Å². The number of alkyl halides is 1. The van der Waals surface area contributed by atoms with Crippen LogP contribution in [0.25, 0.3) is 0 Å². The second-order valence-electron chi connectivity index (χ2n) is 3.28. The summed E-state index contributed by atoms with van der Waals surface area (Å²) in [5, 5.41) is 3.08. The van der Waals surface area contributed by atoms with E-state index in [9.17, 15) is 9.18 Å². The molecule has 0 saturated carbocycles. The van der Waals surface area contributed by atoms with Gasteiger partial charge in [-0.15, -0.1) is 0 Å². The highest BCUT2D eigenvalue weighted by atomic mass is 19.1. The Kier molecular flexibility index (Phi) is 4.77. The van der Waals surface area contributed by atoms with Crippen molar-refractivity contribution in [1.82, 2.24) is 5.32 Å². The molecule has 1 rings (SSSR count). The van der Waals surface area contributed by atoms with E-state index >= 15 is 0 Å². The molecule has 0 aliphatic carbocycles. The third-order valence-corrected chi connectivity index (χ3v) is 2.03. The average molecular weight is 210 g/mol. The molecule has 15 heavy (non-hydrogen) atoms. The van der Waals surface area contributed by atoms with Gasteiger partial charge in [-0.1, -0.05) is 12.1 Å². The minimum absolute atomic E-state index is 0.311. The largest absolute Gasteiger partial charge is 0.366 e. The molecule has 0 fully saturated rings. The molecule has 4 heteroatoms. The van der Waals surface area contributed by atoms with E-state index in [0.29, 0.717) is 25.1 Å². The van der Waals surface area contributed by atoms with Gasteiger partial charge in [0.25, 0.3) is 0 Å². The normalized spacial score (nSPS) is 10.2. The Hall–Kier alpha value is -1.42. The molecule has 1 amide bonds. The van der Waals surface area contributed by atoms with E-state index < -0.39 is 5.91 Å². The standard InChI is InChI=1S/C11H15FN2O/c12-5-2-6-14-8-9-3-1-4-10(7-9)11(13)15/h1,3-4,7,14H,2,5-6,8H2,(H2,13,15). The zero-order valence-corrected chi connectivity index (χ0v) is 8.50. The van der Waals surface area contributed by atoms with Crippen LogP contribution >= 0.6 is 0 Å². The van der Waals surface area contributed by atoms with Gasteiger partial charge in [-0.3, -0.25) is 9.18 Å². The first-order valence-electron chi connectivity index (χ1n) is 4.89. The fraction of sp³-hybridized carbons (Fsp3) is 0.364.